The highest BCUT2D eigenvalue weighted by Gasteiger charge is 2.34. The molecule has 2 N–H and O–H groups in total. The second-order valence-electron chi connectivity index (χ2n) is 7.36. The van der Waals surface area contributed by atoms with Crippen LogP contribution < -0.4 is 10.6 Å². The Labute approximate surface area is 193 Å². The molecule has 0 spiro atoms. The smallest absolute Gasteiger partial charge is 0.382 e. The first kappa shape index (κ1) is 22.3. The molecule has 31 heavy (non-hydrogen) atoms. The van der Waals surface area contributed by atoms with E-state index in [9.17, 15) is 18.0 Å². The molecular weight excluding hydrogens is 517 g/mol. The number of anilines is 1. The van der Waals surface area contributed by atoms with Gasteiger partial charge in [0, 0.05) is 33.6 Å². The predicted octanol–water partition coefficient (Wildman–Crippen LogP) is 6.28. The number of rotatable bonds is 4. The number of carbonyl (C=O) groups excluding carboxylic acids is 1. The van der Waals surface area contributed by atoms with Gasteiger partial charge in [-0.25, -0.2) is 9.97 Å². The molecule has 1 aliphatic carbocycles. The van der Waals surface area contributed by atoms with Crippen molar-refractivity contribution in [3.05, 3.63) is 50.0 Å². The number of carbonyl (C=O) groups is 1. The molecule has 1 amide bonds. The number of benzene rings is 1. The molecule has 164 valence electrons. The lowest BCUT2D eigenvalue weighted by Crippen LogP contribution is -2.40. The first-order valence-corrected chi connectivity index (χ1v) is 11.6. The van der Waals surface area contributed by atoms with Crippen molar-refractivity contribution < 1.29 is 18.0 Å². The third-order valence-corrected chi connectivity index (χ3v) is 6.94. The number of pyridine rings is 1. The Hall–Kier alpha value is -1.91. The van der Waals surface area contributed by atoms with Crippen molar-refractivity contribution in [3.8, 4) is 0 Å². The van der Waals surface area contributed by atoms with E-state index in [1.54, 1.807) is 11.4 Å². The van der Waals surface area contributed by atoms with Crippen LogP contribution in [0.1, 0.15) is 41.2 Å². The van der Waals surface area contributed by atoms with Gasteiger partial charge in [-0.1, -0.05) is 11.6 Å². The molecule has 0 unspecified atom stereocenters. The normalized spacial score (nSPS) is 19.4. The van der Waals surface area contributed by atoms with E-state index in [1.807, 2.05) is 0 Å². The summed E-state index contributed by atoms with van der Waals surface area (Å²) in [6, 6.07) is 5.64. The number of fused-ring (bicyclic) bond motifs is 1. The summed E-state index contributed by atoms with van der Waals surface area (Å²) >= 11 is 10.6. The highest BCUT2D eigenvalue weighted by Crippen LogP contribution is 2.35. The van der Waals surface area contributed by atoms with Crippen LogP contribution in [0, 0.1) is 0 Å². The summed E-state index contributed by atoms with van der Waals surface area (Å²) in [5.41, 5.74) is -0.349. The Morgan fingerprint density at radius 1 is 1.13 bits per heavy atom. The molecule has 1 saturated carbocycles. The fraction of sp³-hybridized carbons (Fsp3) is 0.350. The molecule has 2 heterocycles. The van der Waals surface area contributed by atoms with Crippen LogP contribution in [0.5, 0.6) is 0 Å². The Kier molecular flexibility index (Phi) is 6.41. The number of alkyl halides is 3. The van der Waals surface area contributed by atoms with Gasteiger partial charge in [-0.3, -0.25) is 4.79 Å². The molecule has 11 heteroatoms. The lowest BCUT2D eigenvalue weighted by atomic mass is 9.90. The van der Waals surface area contributed by atoms with Gasteiger partial charge in [0.1, 0.15) is 10.3 Å². The maximum absolute atomic E-state index is 13.3. The van der Waals surface area contributed by atoms with E-state index in [1.165, 1.54) is 23.5 Å². The van der Waals surface area contributed by atoms with Crippen LogP contribution in [0.25, 0.3) is 10.9 Å². The van der Waals surface area contributed by atoms with E-state index in [4.69, 9.17) is 11.6 Å². The van der Waals surface area contributed by atoms with Crippen molar-refractivity contribution in [1.82, 2.24) is 15.3 Å². The molecule has 0 saturated heterocycles. The van der Waals surface area contributed by atoms with Crippen molar-refractivity contribution in [2.75, 3.05) is 5.32 Å². The van der Waals surface area contributed by atoms with Crippen LogP contribution in [0.3, 0.4) is 0 Å². The van der Waals surface area contributed by atoms with E-state index in [2.05, 4.69) is 36.5 Å². The molecule has 1 aromatic carbocycles. The zero-order chi connectivity index (χ0) is 22.2. The molecule has 1 aliphatic rings. The van der Waals surface area contributed by atoms with Crippen molar-refractivity contribution in [2.45, 2.75) is 43.9 Å². The zero-order valence-electron chi connectivity index (χ0n) is 16.0. The third kappa shape index (κ3) is 5.30. The number of thiazole rings is 1. The van der Waals surface area contributed by atoms with Crippen LogP contribution >= 0.6 is 38.9 Å². The summed E-state index contributed by atoms with van der Waals surface area (Å²) in [6.07, 6.45) is -1.70. The highest BCUT2D eigenvalue weighted by molar-refractivity contribution is 9.10. The summed E-state index contributed by atoms with van der Waals surface area (Å²) in [5.74, 6) is -0.211. The second kappa shape index (κ2) is 8.91. The molecule has 0 atom stereocenters. The van der Waals surface area contributed by atoms with E-state index in [0.29, 0.717) is 51.4 Å². The summed E-state index contributed by atoms with van der Waals surface area (Å²) in [7, 11) is 0. The molecule has 0 bridgehead atoms. The average molecular weight is 534 g/mol. The summed E-state index contributed by atoms with van der Waals surface area (Å²) in [6.45, 7) is 0. The minimum absolute atomic E-state index is 0.00240. The standard InChI is InChI=1S/C20H17BrClF3N4OS/c21-17-9-31-19(29-17)18(30)27-12-4-2-11(3-5-12)26-15-8-16(20(23,24)25)28-14-6-1-10(22)7-13(14)15/h1,6-9,11-12H,2-5H2,(H,26,28)(H,27,30)/t11-,12+. The summed E-state index contributed by atoms with van der Waals surface area (Å²) < 4.78 is 40.5. The van der Waals surface area contributed by atoms with Gasteiger partial charge in [0.2, 0.25) is 0 Å². The van der Waals surface area contributed by atoms with Crippen molar-refractivity contribution in [2.24, 2.45) is 0 Å². The van der Waals surface area contributed by atoms with Crippen molar-refractivity contribution in [3.63, 3.8) is 0 Å². The number of nitrogens with zero attached hydrogens (tertiary/aromatic N) is 2. The number of hydrogen-bond donors (Lipinski definition) is 2. The molecule has 1 fully saturated rings. The third-order valence-electron chi connectivity index (χ3n) is 5.15. The number of nitrogens with one attached hydrogen (secondary N) is 2. The van der Waals surface area contributed by atoms with Gasteiger partial charge in [-0.15, -0.1) is 11.3 Å². The highest BCUT2D eigenvalue weighted by atomic mass is 79.9. The Bertz CT molecular complexity index is 1120. The minimum atomic E-state index is -4.54. The molecule has 0 aliphatic heterocycles. The number of aromatic nitrogens is 2. The van der Waals surface area contributed by atoms with Crippen LogP contribution in [-0.4, -0.2) is 28.0 Å². The fourth-order valence-corrected chi connectivity index (χ4v) is 5.00. The Morgan fingerprint density at radius 3 is 2.48 bits per heavy atom. The van der Waals surface area contributed by atoms with E-state index >= 15 is 0 Å². The average Bonchev–Trinajstić information content (AvgIpc) is 3.15. The van der Waals surface area contributed by atoms with E-state index in [0.717, 1.165) is 6.07 Å². The van der Waals surface area contributed by atoms with Gasteiger partial charge in [-0.2, -0.15) is 13.2 Å². The van der Waals surface area contributed by atoms with Gasteiger partial charge in [0.15, 0.2) is 5.01 Å². The molecule has 4 rings (SSSR count). The SMILES string of the molecule is O=C(N[C@H]1CC[C@@H](Nc2cc(C(F)(F)F)nc3ccc(Cl)cc23)CC1)c1nc(Br)cs1. The molecular formula is C20H17BrClF3N4OS. The Balaban J connectivity index is 1.45. The maximum atomic E-state index is 13.3. The molecule has 3 aromatic rings. The lowest BCUT2D eigenvalue weighted by Gasteiger charge is -2.30. The topological polar surface area (TPSA) is 66.9 Å². The van der Waals surface area contributed by atoms with Gasteiger partial charge < -0.3 is 10.6 Å². The number of amides is 1. The van der Waals surface area contributed by atoms with Crippen LogP contribution in [0.2, 0.25) is 5.02 Å². The largest absolute Gasteiger partial charge is 0.433 e. The molecule has 2 aromatic heterocycles. The maximum Gasteiger partial charge on any atom is 0.433 e. The van der Waals surface area contributed by atoms with Crippen LogP contribution in [0.4, 0.5) is 18.9 Å². The Morgan fingerprint density at radius 2 is 1.84 bits per heavy atom. The monoisotopic (exact) mass is 532 g/mol. The summed E-state index contributed by atoms with van der Waals surface area (Å²) in [4.78, 5) is 20.1. The predicted molar refractivity (Wildman–Crippen MR) is 119 cm³/mol. The lowest BCUT2D eigenvalue weighted by molar-refractivity contribution is -0.140. The first-order valence-electron chi connectivity index (χ1n) is 9.55. The molecule has 0 radical (unpaired) electrons. The van der Waals surface area contributed by atoms with E-state index in [-0.39, 0.29) is 23.5 Å². The molecule has 5 nitrogen and oxygen atoms in total. The van der Waals surface area contributed by atoms with Gasteiger partial charge in [0.25, 0.3) is 5.91 Å². The number of halogens is 5. The zero-order valence-corrected chi connectivity index (χ0v) is 19.1. The van der Waals surface area contributed by atoms with Gasteiger partial charge in [0.05, 0.1) is 5.52 Å². The van der Waals surface area contributed by atoms with Crippen molar-refractivity contribution in [1.29, 1.82) is 0 Å². The van der Waals surface area contributed by atoms with Crippen LogP contribution in [0.15, 0.2) is 34.2 Å². The first-order chi connectivity index (χ1) is 14.7. The van der Waals surface area contributed by atoms with Crippen molar-refractivity contribution >= 4 is 61.4 Å². The van der Waals surface area contributed by atoms with E-state index < -0.39 is 11.9 Å². The van der Waals surface area contributed by atoms with Gasteiger partial charge in [-0.05, 0) is 65.9 Å². The quantitative estimate of drug-likeness (QED) is 0.414. The van der Waals surface area contributed by atoms with Gasteiger partial charge >= 0.3 is 6.18 Å². The van der Waals surface area contributed by atoms with Crippen LogP contribution in [-0.2, 0) is 6.18 Å². The summed E-state index contributed by atoms with van der Waals surface area (Å²) in [5, 5.41) is 9.34. The number of hydrogen-bond acceptors (Lipinski definition) is 5. The fourth-order valence-electron chi connectivity index (χ4n) is 3.67. The second-order valence-corrected chi connectivity index (χ2v) is 9.46. The minimum Gasteiger partial charge on any atom is -0.382 e.